The Morgan fingerprint density at radius 2 is 1.87 bits per heavy atom. The molecule has 30 heavy (non-hydrogen) atoms. The van der Waals surface area contributed by atoms with Gasteiger partial charge in [0, 0.05) is 19.4 Å². The van der Waals surface area contributed by atoms with Crippen LogP contribution in [0.5, 0.6) is 11.8 Å². The van der Waals surface area contributed by atoms with Crippen LogP contribution in [0, 0.1) is 0 Å². The van der Waals surface area contributed by atoms with E-state index in [9.17, 15) is 4.79 Å². The molecule has 3 rings (SSSR count). The molecule has 158 valence electrons. The number of benzene rings is 2. The van der Waals surface area contributed by atoms with E-state index in [1.165, 1.54) is 11.6 Å². The largest absolute Gasteiger partial charge is 0.471 e. The van der Waals surface area contributed by atoms with Crippen molar-refractivity contribution in [1.82, 2.24) is 14.8 Å². The number of carbonyl (C=O) groups is 1. The molecule has 0 bridgehead atoms. The predicted molar refractivity (Wildman–Crippen MR) is 117 cm³/mol. The third-order valence-electron chi connectivity index (χ3n) is 3.91. The number of hydrogen-bond donors (Lipinski definition) is 1. The minimum Gasteiger partial charge on any atom is -0.471 e. The Morgan fingerprint density at radius 3 is 2.53 bits per heavy atom. The van der Waals surface area contributed by atoms with Crippen molar-refractivity contribution in [2.24, 2.45) is 0 Å². The monoisotopic (exact) mass is 468 g/mol. The Morgan fingerprint density at radius 1 is 1.07 bits per heavy atom. The van der Waals surface area contributed by atoms with Gasteiger partial charge in [0.1, 0.15) is 5.75 Å². The average Bonchev–Trinajstić information content (AvgIpc) is 3.06. The SMILES string of the molecule is CCOc1nc(Cc2ccc(Cl)c(Cl)c2)nn1COc1ccc(NC(C)=O)c(Cl)c1. The topological polar surface area (TPSA) is 78.3 Å². The molecular weight excluding hydrogens is 451 g/mol. The van der Waals surface area contributed by atoms with Crippen LogP contribution in [0.4, 0.5) is 5.69 Å². The van der Waals surface area contributed by atoms with Crippen molar-refractivity contribution >= 4 is 46.4 Å². The average molecular weight is 470 g/mol. The maximum atomic E-state index is 11.2. The molecule has 10 heteroatoms. The van der Waals surface area contributed by atoms with Gasteiger partial charge >= 0.3 is 6.01 Å². The smallest absolute Gasteiger partial charge is 0.318 e. The Hall–Kier alpha value is -2.48. The molecule has 0 aliphatic rings. The summed E-state index contributed by atoms with van der Waals surface area (Å²) in [4.78, 5) is 15.6. The first kappa shape index (κ1) is 22.2. The maximum Gasteiger partial charge on any atom is 0.318 e. The molecular formula is C20H19Cl3N4O3. The molecule has 0 saturated heterocycles. The molecule has 3 aromatic rings. The number of carbonyl (C=O) groups excluding carboxylic acids is 1. The Kier molecular flexibility index (Phi) is 7.42. The Balaban J connectivity index is 1.72. The molecule has 1 amide bonds. The summed E-state index contributed by atoms with van der Waals surface area (Å²) in [5, 5.41) is 8.43. The molecule has 7 nitrogen and oxygen atoms in total. The van der Waals surface area contributed by atoms with Gasteiger partial charge < -0.3 is 14.8 Å². The van der Waals surface area contributed by atoms with Crippen LogP contribution in [-0.4, -0.2) is 27.3 Å². The van der Waals surface area contributed by atoms with Crippen molar-refractivity contribution in [1.29, 1.82) is 0 Å². The molecule has 0 fully saturated rings. The number of halogens is 3. The molecule has 0 atom stereocenters. The number of nitrogens with zero attached hydrogens (tertiary/aromatic N) is 3. The number of aromatic nitrogens is 3. The fourth-order valence-corrected chi connectivity index (χ4v) is 3.15. The van der Waals surface area contributed by atoms with Gasteiger partial charge in [0.25, 0.3) is 0 Å². The van der Waals surface area contributed by atoms with E-state index in [1.54, 1.807) is 30.3 Å². The molecule has 1 aromatic heterocycles. The van der Waals surface area contributed by atoms with Crippen molar-refractivity contribution in [2.45, 2.75) is 27.0 Å². The first-order valence-electron chi connectivity index (χ1n) is 9.06. The second-order valence-electron chi connectivity index (χ2n) is 6.26. The number of rotatable bonds is 8. The first-order chi connectivity index (χ1) is 14.4. The summed E-state index contributed by atoms with van der Waals surface area (Å²) in [6.07, 6.45) is 0.460. The van der Waals surface area contributed by atoms with Crippen LogP contribution in [0.2, 0.25) is 15.1 Å². The third-order valence-corrected chi connectivity index (χ3v) is 4.96. The number of amides is 1. The summed E-state index contributed by atoms with van der Waals surface area (Å²) in [5.74, 6) is 0.863. The minimum absolute atomic E-state index is 0.0690. The molecule has 1 heterocycles. The van der Waals surface area contributed by atoms with Crippen LogP contribution in [0.25, 0.3) is 0 Å². The summed E-state index contributed by atoms with van der Waals surface area (Å²) in [5.41, 5.74) is 1.43. The lowest BCUT2D eigenvalue weighted by Gasteiger charge is -2.10. The molecule has 0 aliphatic carbocycles. The van der Waals surface area contributed by atoms with Crippen LogP contribution >= 0.6 is 34.8 Å². The fourth-order valence-electron chi connectivity index (χ4n) is 2.61. The summed E-state index contributed by atoms with van der Waals surface area (Å²) in [6, 6.07) is 10.7. The second-order valence-corrected chi connectivity index (χ2v) is 7.49. The summed E-state index contributed by atoms with van der Waals surface area (Å²) in [7, 11) is 0. The van der Waals surface area contributed by atoms with E-state index in [2.05, 4.69) is 15.4 Å². The first-order valence-corrected chi connectivity index (χ1v) is 10.2. The van der Waals surface area contributed by atoms with Crippen LogP contribution in [0.1, 0.15) is 25.2 Å². The van der Waals surface area contributed by atoms with Gasteiger partial charge in [-0.25, -0.2) is 0 Å². The normalized spacial score (nSPS) is 10.7. The van der Waals surface area contributed by atoms with Crippen LogP contribution < -0.4 is 14.8 Å². The fraction of sp³-hybridized carbons (Fsp3) is 0.250. The Labute approximate surface area is 188 Å². The Bertz CT molecular complexity index is 1060. The van der Waals surface area contributed by atoms with E-state index < -0.39 is 0 Å². The second kappa shape index (κ2) is 10.0. The van der Waals surface area contributed by atoms with Gasteiger partial charge in [-0.3, -0.25) is 4.79 Å². The zero-order chi connectivity index (χ0) is 21.7. The van der Waals surface area contributed by atoms with Gasteiger partial charge in [-0.1, -0.05) is 40.9 Å². The highest BCUT2D eigenvalue weighted by Gasteiger charge is 2.13. The molecule has 0 saturated carbocycles. The van der Waals surface area contributed by atoms with E-state index in [1.807, 2.05) is 13.0 Å². The summed E-state index contributed by atoms with van der Waals surface area (Å²) in [6.45, 7) is 3.77. The zero-order valence-corrected chi connectivity index (χ0v) is 18.6. The lowest BCUT2D eigenvalue weighted by molar-refractivity contribution is -0.114. The van der Waals surface area contributed by atoms with Gasteiger partial charge in [0.2, 0.25) is 5.91 Å². The van der Waals surface area contributed by atoms with E-state index in [0.29, 0.717) is 51.4 Å². The number of anilines is 1. The van der Waals surface area contributed by atoms with E-state index >= 15 is 0 Å². The highest BCUT2D eigenvalue weighted by atomic mass is 35.5. The lowest BCUT2D eigenvalue weighted by atomic mass is 10.1. The van der Waals surface area contributed by atoms with Gasteiger partial charge in [-0.05, 0) is 36.8 Å². The van der Waals surface area contributed by atoms with Crippen molar-refractivity contribution in [3.05, 3.63) is 62.9 Å². The summed E-state index contributed by atoms with van der Waals surface area (Å²) >= 11 is 18.2. The molecule has 0 aliphatic heterocycles. The van der Waals surface area contributed by atoms with E-state index in [0.717, 1.165) is 5.56 Å². The number of hydrogen-bond acceptors (Lipinski definition) is 5. The van der Waals surface area contributed by atoms with Crippen LogP contribution in [0.15, 0.2) is 36.4 Å². The predicted octanol–water partition coefficient (Wildman–Crippen LogP) is 5.22. The molecule has 0 spiro atoms. The van der Waals surface area contributed by atoms with Gasteiger partial charge in [0.05, 0.1) is 27.4 Å². The number of nitrogens with one attached hydrogen (secondary N) is 1. The van der Waals surface area contributed by atoms with Gasteiger partial charge in [0.15, 0.2) is 12.6 Å². The minimum atomic E-state index is -0.205. The van der Waals surface area contributed by atoms with Gasteiger partial charge in [-0.15, -0.1) is 5.10 Å². The van der Waals surface area contributed by atoms with Crippen molar-refractivity contribution in [2.75, 3.05) is 11.9 Å². The molecule has 2 aromatic carbocycles. The zero-order valence-electron chi connectivity index (χ0n) is 16.3. The highest BCUT2D eigenvalue weighted by molar-refractivity contribution is 6.42. The maximum absolute atomic E-state index is 11.2. The highest BCUT2D eigenvalue weighted by Crippen LogP contribution is 2.27. The lowest BCUT2D eigenvalue weighted by Crippen LogP contribution is -2.10. The quantitative estimate of drug-likeness (QED) is 0.489. The standard InChI is InChI=1S/C20H19Cl3N4O3/c1-3-29-20-25-19(9-13-4-6-15(21)16(22)8-13)26-27(20)11-30-14-5-7-18(17(23)10-14)24-12(2)28/h4-8,10H,3,9,11H2,1-2H3,(H,24,28). The van der Waals surface area contributed by atoms with E-state index in [-0.39, 0.29) is 12.6 Å². The summed E-state index contributed by atoms with van der Waals surface area (Å²) < 4.78 is 12.8. The van der Waals surface area contributed by atoms with Crippen molar-refractivity contribution in [3.63, 3.8) is 0 Å². The third kappa shape index (κ3) is 5.78. The number of ether oxygens (including phenoxy) is 2. The van der Waals surface area contributed by atoms with Crippen molar-refractivity contribution < 1.29 is 14.3 Å². The molecule has 1 N–H and O–H groups in total. The van der Waals surface area contributed by atoms with E-state index in [4.69, 9.17) is 44.3 Å². The van der Waals surface area contributed by atoms with Crippen LogP contribution in [-0.2, 0) is 17.9 Å². The van der Waals surface area contributed by atoms with Crippen LogP contribution in [0.3, 0.4) is 0 Å². The molecule has 0 unspecified atom stereocenters. The van der Waals surface area contributed by atoms with Crippen molar-refractivity contribution in [3.8, 4) is 11.8 Å². The van der Waals surface area contributed by atoms with Gasteiger partial charge in [-0.2, -0.15) is 9.67 Å². The molecule has 0 radical (unpaired) electrons.